The summed E-state index contributed by atoms with van der Waals surface area (Å²) >= 11 is 0. The van der Waals surface area contributed by atoms with Crippen LogP contribution in [0.15, 0.2) is 36.7 Å². The zero-order valence-corrected chi connectivity index (χ0v) is 7.18. The molecule has 0 aliphatic heterocycles. The van der Waals surface area contributed by atoms with Crippen molar-refractivity contribution in [3.8, 4) is 0 Å². The molecule has 0 N–H and O–H groups in total. The summed E-state index contributed by atoms with van der Waals surface area (Å²) in [6.45, 7) is 0. The zero-order chi connectivity index (χ0) is 9.54. The Labute approximate surface area is 78.8 Å². The molecule has 4 heteroatoms. The summed E-state index contributed by atoms with van der Waals surface area (Å²) in [6, 6.07) is 8.30. The van der Waals surface area contributed by atoms with Crippen LogP contribution in [-0.2, 0) is 0 Å². The van der Waals surface area contributed by atoms with Gasteiger partial charge in [-0.2, -0.15) is 0 Å². The molecule has 0 atom stereocenters. The molecule has 3 nitrogen and oxygen atoms in total. The fourth-order valence-corrected chi connectivity index (χ4v) is 1.59. The Balaban J connectivity index is 2.57. The third-order valence-corrected chi connectivity index (χ3v) is 2.24. The highest BCUT2D eigenvalue weighted by Gasteiger charge is 2.01. The minimum atomic E-state index is -0.232. The van der Waals surface area contributed by atoms with Gasteiger partial charge in [0.2, 0.25) is 0 Å². The van der Waals surface area contributed by atoms with Gasteiger partial charge in [0.15, 0.2) is 5.65 Å². The van der Waals surface area contributed by atoms with Gasteiger partial charge in [-0.25, -0.2) is 4.39 Å². The third-order valence-electron chi connectivity index (χ3n) is 2.24. The second kappa shape index (κ2) is 2.51. The van der Waals surface area contributed by atoms with E-state index in [0.717, 1.165) is 16.6 Å². The maximum Gasteiger partial charge on any atom is 0.161 e. The molecule has 0 saturated carbocycles. The van der Waals surface area contributed by atoms with Gasteiger partial charge >= 0.3 is 0 Å². The summed E-state index contributed by atoms with van der Waals surface area (Å²) < 4.78 is 14.8. The lowest BCUT2D eigenvalue weighted by atomic mass is 10.2. The molecular formula is C10H6FN3. The first kappa shape index (κ1) is 7.44. The largest absolute Gasteiger partial charge is 0.282 e. The smallest absolute Gasteiger partial charge is 0.161 e. The Morgan fingerprint density at radius 1 is 1.14 bits per heavy atom. The summed E-state index contributed by atoms with van der Waals surface area (Å²) in [5.41, 5.74) is 1.68. The molecule has 0 aliphatic carbocycles. The van der Waals surface area contributed by atoms with Crippen molar-refractivity contribution in [1.82, 2.24) is 14.6 Å². The summed E-state index contributed by atoms with van der Waals surface area (Å²) in [5.74, 6) is -0.232. The first-order valence-corrected chi connectivity index (χ1v) is 4.22. The van der Waals surface area contributed by atoms with Crippen molar-refractivity contribution in [2.45, 2.75) is 0 Å². The van der Waals surface area contributed by atoms with Crippen LogP contribution in [0.2, 0.25) is 0 Å². The summed E-state index contributed by atoms with van der Waals surface area (Å²) in [6.07, 6.45) is 1.62. The highest BCUT2D eigenvalue weighted by atomic mass is 19.1. The summed E-state index contributed by atoms with van der Waals surface area (Å²) in [5, 5.41) is 8.55. The molecule has 3 aromatic rings. The van der Waals surface area contributed by atoms with Gasteiger partial charge in [0.1, 0.15) is 12.1 Å². The molecule has 1 aromatic carbocycles. The van der Waals surface area contributed by atoms with E-state index in [2.05, 4.69) is 10.2 Å². The molecule has 0 amide bonds. The average molecular weight is 187 g/mol. The number of aromatic nitrogens is 3. The van der Waals surface area contributed by atoms with Gasteiger partial charge in [-0.3, -0.25) is 4.40 Å². The monoisotopic (exact) mass is 187 g/mol. The minimum Gasteiger partial charge on any atom is -0.282 e. The zero-order valence-electron chi connectivity index (χ0n) is 7.18. The molecular weight excluding hydrogens is 181 g/mol. The van der Waals surface area contributed by atoms with E-state index < -0.39 is 0 Å². The quantitative estimate of drug-likeness (QED) is 0.539. The maximum atomic E-state index is 12.9. The van der Waals surface area contributed by atoms with Crippen molar-refractivity contribution in [2.75, 3.05) is 0 Å². The number of rotatable bonds is 0. The van der Waals surface area contributed by atoms with E-state index in [1.54, 1.807) is 12.4 Å². The Morgan fingerprint density at radius 3 is 3.00 bits per heavy atom. The van der Waals surface area contributed by atoms with Crippen LogP contribution in [0, 0.1) is 5.82 Å². The highest BCUT2D eigenvalue weighted by molar-refractivity contribution is 5.81. The Bertz CT molecular complexity index is 615. The molecule has 0 spiro atoms. The number of hydrogen-bond acceptors (Lipinski definition) is 2. The molecule has 0 bridgehead atoms. The van der Waals surface area contributed by atoms with E-state index in [0.29, 0.717) is 0 Å². The van der Waals surface area contributed by atoms with Gasteiger partial charge in [-0.05, 0) is 30.3 Å². The number of hydrogen-bond donors (Lipinski definition) is 0. The lowest BCUT2D eigenvalue weighted by molar-refractivity contribution is 0.629. The average Bonchev–Trinajstić information content (AvgIpc) is 2.65. The second-order valence-corrected chi connectivity index (χ2v) is 3.10. The van der Waals surface area contributed by atoms with Crippen molar-refractivity contribution in [3.63, 3.8) is 0 Å². The summed E-state index contributed by atoms with van der Waals surface area (Å²) in [7, 11) is 0. The normalized spacial score (nSPS) is 11.2. The fraction of sp³-hybridized carbons (Fsp3) is 0. The third kappa shape index (κ3) is 0.907. The van der Waals surface area contributed by atoms with Crippen molar-refractivity contribution in [3.05, 3.63) is 42.5 Å². The molecule has 2 heterocycles. The van der Waals surface area contributed by atoms with E-state index in [1.807, 2.05) is 16.5 Å². The van der Waals surface area contributed by atoms with E-state index in [4.69, 9.17) is 0 Å². The van der Waals surface area contributed by atoms with Gasteiger partial charge < -0.3 is 0 Å². The molecule has 0 aliphatic rings. The van der Waals surface area contributed by atoms with Gasteiger partial charge in [0, 0.05) is 5.39 Å². The SMILES string of the molecule is Fc1ccc2c(ccc3nncn32)c1. The van der Waals surface area contributed by atoms with Crippen LogP contribution < -0.4 is 0 Å². The van der Waals surface area contributed by atoms with Crippen LogP contribution in [0.4, 0.5) is 4.39 Å². The van der Waals surface area contributed by atoms with E-state index in [9.17, 15) is 4.39 Å². The molecule has 0 saturated heterocycles. The molecule has 2 aromatic heterocycles. The van der Waals surface area contributed by atoms with Crippen molar-refractivity contribution in [1.29, 1.82) is 0 Å². The van der Waals surface area contributed by atoms with Crippen molar-refractivity contribution < 1.29 is 4.39 Å². The van der Waals surface area contributed by atoms with Crippen LogP contribution in [0.1, 0.15) is 0 Å². The Kier molecular flexibility index (Phi) is 1.33. The van der Waals surface area contributed by atoms with Crippen molar-refractivity contribution in [2.24, 2.45) is 0 Å². The lowest BCUT2D eigenvalue weighted by Gasteiger charge is -2.00. The Morgan fingerprint density at radius 2 is 2.07 bits per heavy atom. The minimum absolute atomic E-state index is 0.232. The maximum absolute atomic E-state index is 12.9. The predicted molar refractivity (Wildman–Crippen MR) is 50.5 cm³/mol. The topological polar surface area (TPSA) is 30.2 Å². The number of fused-ring (bicyclic) bond motifs is 3. The van der Waals surface area contributed by atoms with Gasteiger partial charge in [-0.15, -0.1) is 10.2 Å². The van der Waals surface area contributed by atoms with Crippen LogP contribution in [0.3, 0.4) is 0 Å². The Hall–Kier alpha value is -1.97. The van der Waals surface area contributed by atoms with E-state index in [-0.39, 0.29) is 5.82 Å². The first-order valence-electron chi connectivity index (χ1n) is 4.22. The molecule has 0 radical (unpaired) electrons. The van der Waals surface area contributed by atoms with Crippen LogP contribution in [0.25, 0.3) is 16.6 Å². The van der Waals surface area contributed by atoms with Gasteiger partial charge in [-0.1, -0.05) is 0 Å². The number of halogens is 1. The van der Waals surface area contributed by atoms with Gasteiger partial charge in [0.25, 0.3) is 0 Å². The van der Waals surface area contributed by atoms with E-state index in [1.165, 1.54) is 12.1 Å². The standard InChI is InChI=1S/C10H6FN3/c11-8-2-3-9-7(5-8)1-4-10-13-12-6-14(9)10/h1-6H. The number of nitrogens with zero attached hydrogens (tertiary/aromatic N) is 3. The van der Waals surface area contributed by atoms with E-state index >= 15 is 0 Å². The van der Waals surface area contributed by atoms with Crippen LogP contribution in [-0.4, -0.2) is 14.6 Å². The molecule has 0 fully saturated rings. The highest BCUT2D eigenvalue weighted by Crippen LogP contribution is 2.16. The van der Waals surface area contributed by atoms with Crippen LogP contribution in [0.5, 0.6) is 0 Å². The van der Waals surface area contributed by atoms with Gasteiger partial charge in [0.05, 0.1) is 5.52 Å². The van der Waals surface area contributed by atoms with Crippen molar-refractivity contribution >= 4 is 16.6 Å². The number of pyridine rings is 1. The predicted octanol–water partition coefficient (Wildman–Crippen LogP) is 2.02. The first-order chi connectivity index (χ1) is 6.84. The summed E-state index contributed by atoms with van der Waals surface area (Å²) in [4.78, 5) is 0. The molecule has 3 rings (SSSR count). The number of benzene rings is 1. The lowest BCUT2D eigenvalue weighted by Crippen LogP contribution is -1.87. The van der Waals surface area contributed by atoms with Crippen LogP contribution >= 0.6 is 0 Å². The molecule has 68 valence electrons. The fourth-order valence-electron chi connectivity index (χ4n) is 1.59. The molecule has 14 heavy (non-hydrogen) atoms. The second-order valence-electron chi connectivity index (χ2n) is 3.10. The molecule has 0 unspecified atom stereocenters.